The molecular formula is C95H94ClF3N18O10. The standard InChI is InChI=1S/C33H35FN6O4.C31H29FN6O3.C28H27FN6O2.C3H3ClO/c1-20-17-38(31(42)26-6-5-14-35-26)19-25-28(37-40(29(20)25)18-21-7-10-23(34)11-8-21)30(41)36-24-12-9-22-13-15-39(27(22)16-24)32(43)44-33(2,3)4;1-3-27(39)37-14-12-21-8-11-23(15-26(21)37)34-30(40)28-24-18-36(31(41)25-5-4-13-33-25)16-19(2)29(24)38(35-28)17-20-6-9-22(32)10-7-20;1-17-14-34(28(37)23-3-2-11-30-23)16-22-25(27(36)32-21-9-6-19-10-12-31-24(19)13-21)33-35(26(17)22)15-18-4-7-20(29)8-5-18;1-2-3(4)5/h5-12,14,16,20,35H,13,15,17-19H2,1-4H3,(H,36,41);3-11,13,15,19,33H,1,12,14,16-18H2,2H3,(H,34,40);2-9,11,13,17,30-31H,10,12,14-16H2,1H3,(H,32,36);2H,1H2. The number of ether oxygens (including phenoxy) is 1. The first-order valence-electron chi connectivity index (χ1n) is 41.6. The molecule has 18 rings (SSSR count). The van der Waals surface area contributed by atoms with Crippen LogP contribution in [0.25, 0.3) is 0 Å². The molecule has 0 saturated carbocycles. The van der Waals surface area contributed by atoms with Crippen molar-refractivity contribution in [2.24, 2.45) is 0 Å². The Hall–Kier alpha value is -14.6. The van der Waals surface area contributed by atoms with Crippen LogP contribution in [-0.4, -0.2) is 157 Å². The average molecular weight is 1740 g/mol. The SMILES string of the molecule is C=CC(=O)Cl.C=CC(=O)N1CCc2ccc(NC(=O)c3nn(Cc4ccc(F)cc4)c4c3CN(C(=O)c3ccc[nH]3)CC4C)cc21.CC1CN(C(=O)c2ccc[nH]2)Cc2c(C(=O)Nc3ccc4c(c3)N(C(=O)OC(C)(C)C)CC4)nn(Cc3ccc(F)cc3)c21.CC1CN(C(=O)c2ccc[nH]2)Cc2c(C(=O)Nc3ccc4c(c3)NCC4)nn(Cc3ccc(F)cc3)c21. The van der Waals surface area contributed by atoms with E-state index in [4.69, 9.17) is 31.6 Å². The molecule has 6 aromatic heterocycles. The number of H-pyrrole nitrogens is 3. The molecule has 6 aliphatic rings. The number of anilines is 6. The van der Waals surface area contributed by atoms with Crippen LogP contribution in [0.3, 0.4) is 0 Å². The lowest BCUT2D eigenvalue weighted by molar-refractivity contribution is -0.114. The molecule has 0 fully saturated rings. The Balaban J connectivity index is 0.000000143. The summed E-state index contributed by atoms with van der Waals surface area (Å²) in [5, 5.41) is 25.9. The maximum atomic E-state index is 13.9. The number of hydrogen-bond acceptors (Lipinski definition) is 14. The summed E-state index contributed by atoms with van der Waals surface area (Å²) in [5.41, 5.74) is 16.2. The van der Waals surface area contributed by atoms with E-state index in [9.17, 15) is 56.3 Å². The van der Waals surface area contributed by atoms with Gasteiger partial charge in [-0.3, -0.25) is 57.3 Å². The van der Waals surface area contributed by atoms with Gasteiger partial charge in [0.2, 0.25) is 11.1 Å². The molecule has 8 amide bonds. The van der Waals surface area contributed by atoms with Gasteiger partial charge in [-0.15, -0.1) is 0 Å². The third-order valence-corrected chi connectivity index (χ3v) is 22.9. The number of amides is 8. The summed E-state index contributed by atoms with van der Waals surface area (Å²) in [4.78, 5) is 133. The molecule has 0 spiro atoms. The first-order valence-corrected chi connectivity index (χ1v) is 42.0. The number of allylic oxidation sites excluding steroid dienone is 1. The fourth-order valence-electron chi connectivity index (χ4n) is 16.9. The Labute approximate surface area is 734 Å². The highest BCUT2D eigenvalue weighted by Gasteiger charge is 2.40. The minimum absolute atomic E-state index is 0.0543. The maximum absolute atomic E-state index is 13.9. The number of carbonyl (C=O) groups is 9. The number of aromatic nitrogens is 9. The quantitative estimate of drug-likeness (QED) is 0.0329. The molecule has 32 heteroatoms. The summed E-state index contributed by atoms with van der Waals surface area (Å²) in [6.45, 7) is 23.3. The number of hydrogen-bond donors (Lipinski definition) is 7. The highest BCUT2D eigenvalue weighted by molar-refractivity contribution is 6.66. The molecule has 6 aromatic carbocycles. The Morgan fingerprint density at radius 2 is 0.819 bits per heavy atom. The Morgan fingerprint density at radius 3 is 1.16 bits per heavy atom. The largest absolute Gasteiger partial charge is 0.443 e. The zero-order valence-electron chi connectivity index (χ0n) is 70.7. The van der Waals surface area contributed by atoms with Crippen molar-refractivity contribution in [3.8, 4) is 0 Å². The summed E-state index contributed by atoms with van der Waals surface area (Å²) < 4.78 is 51.6. The van der Waals surface area contributed by atoms with Gasteiger partial charge in [-0.1, -0.05) is 88.5 Å². The minimum atomic E-state index is -0.634. The minimum Gasteiger partial charge on any atom is -0.443 e. The van der Waals surface area contributed by atoms with Crippen LogP contribution in [0.1, 0.15) is 189 Å². The highest BCUT2D eigenvalue weighted by atomic mass is 35.5. The average Bonchev–Trinajstić information content (AvgIpc) is 1.62. The van der Waals surface area contributed by atoms with Crippen molar-refractivity contribution in [3.05, 3.63) is 326 Å². The molecule has 12 aromatic rings. The van der Waals surface area contributed by atoms with E-state index in [1.165, 1.54) is 48.0 Å². The molecule has 0 radical (unpaired) electrons. The van der Waals surface area contributed by atoms with Crippen LogP contribution in [0.4, 0.5) is 52.1 Å². The van der Waals surface area contributed by atoms with Crippen molar-refractivity contribution in [1.82, 2.24) is 59.0 Å². The molecule has 7 N–H and O–H groups in total. The Morgan fingerprint density at radius 1 is 0.472 bits per heavy atom. The van der Waals surface area contributed by atoms with Gasteiger partial charge >= 0.3 is 6.09 Å². The molecule has 652 valence electrons. The van der Waals surface area contributed by atoms with Gasteiger partial charge in [0.1, 0.15) is 40.1 Å². The zero-order valence-corrected chi connectivity index (χ0v) is 71.5. The topological polar surface area (TPSA) is 328 Å². The van der Waals surface area contributed by atoms with Crippen LogP contribution in [0, 0.1) is 17.5 Å². The summed E-state index contributed by atoms with van der Waals surface area (Å²) in [6.07, 6.45) is 9.39. The zero-order chi connectivity index (χ0) is 89.6. The van der Waals surface area contributed by atoms with Crippen molar-refractivity contribution >= 4 is 98.4 Å². The van der Waals surface area contributed by atoms with Crippen LogP contribution in [0.15, 0.2) is 208 Å². The van der Waals surface area contributed by atoms with Gasteiger partial charge in [0, 0.05) is 138 Å². The van der Waals surface area contributed by atoms with Crippen molar-refractivity contribution < 1.29 is 61.1 Å². The van der Waals surface area contributed by atoms with E-state index in [2.05, 4.69) is 49.4 Å². The number of rotatable bonds is 17. The lowest BCUT2D eigenvalue weighted by Crippen LogP contribution is -2.38. The first-order chi connectivity index (χ1) is 61.0. The van der Waals surface area contributed by atoms with E-state index in [-0.39, 0.29) is 95.8 Å². The van der Waals surface area contributed by atoms with Gasteiger partial charge in [-0.05, 0) is 206 Å². The summed E-state index contributed by atoms with van der Waals surface area (Å²) in [7, 11) is 0. The van der Waals surface area contributed by atoms with Crippen molar-refractivity contribution in [3.63, 3.8) is 0 Å². The highest BCUT2D eigenvalue weighted by Crippen LogP contribution is 2.40. The number of benzene rings is 6. The van der Waals surface area contributed by atoms with E-state index >= 15 is 0 Å². The maximum Gasteiger partial charge on any atom is 0.414 e. The predicted molar refractivity (Wildman–Crippen MR) is 475 cm³/mol. The van der Waals surface area contributed by atoms with E-state index in [1.807, 2.05) is 82.6 Å². The van der Waals surface area contributed by atoms with Gasteiger partial charge < -0.3 is 60.6 Å². The van der Waals surface area contributed by atoms with E-state index in [0.717, 1.165) is 87.3 Å². The number of halogens is 4. The second-order valence-electron chi connectivity index (χ2n) is 32.9. The molecule has 127 heavy (non-hydrogen) atoms. The fraction of sp³-hybridized carbons (Fsp3) is 0.263. The summed E-state index contributed by atoms with van der Waals surface area (Å²) >= 11 is 4.71. The van der Waals surface area contributed by atoms with Crippen LogP contribution < -0.4 is 31.1 Å². The lowest BCUT2D eigenvalue weighted by atomic mass is 9.95. The predicted octanol–water partition coefficient (Wildman–Crippen LogP) is 15.5. The van der Waals surface area contributed by atoms with Crippen molar-refractivity contribution in [2.45, 2.75) is 123 Å². The third-order valence-electron chi connectivity index (χ3n) is 22.7. The summed E-state index contributed by atoms with van der Waals surface area (Å²) in [5.74, 6) is -3.04. The van der Waals surface area contributed by atoms with Crippen molar-refractivity contribution in [1.29, 1.82) is 0 Å². The van der Waals surface area contributed by atoms with Crippen LogP contribution in [-0.2, 0) is 72.9 Å². The second kappa shape index (κ2) is 37.4. The number of nitrogens with one attached hydrogen (secondary N) is 7. The summed E-state index contributed by atoms with van der Waals surface area (Å²) in [6, 6.07) is 46.0. The monoisotopic (exact) mass is 1740 g/mol. The van der Waals surface area contributed by atoms with Gasteiger partial charge in [-0.25, -0.2) is 18.0 Å². The molecule has 6 aliphatic heterocycles. The molecule has 28 nitrogen and oxygen atoms in total. The molecule has 3 unspecified atom stereocenters. The molecule has 0 saturated heterocycles. The Bertz CT molecular complexity index is 6200. The van der Waals surface area contributed by atoms with Gasteiger partial charge in [0.25, 0.3) is 35.4 Å². The molecule has 0 aliphatic carbocycles. The second-order valence-corrected chi connectivity index (χ2v) is 33.3. The fourth-order valence-corrected chi connectivity index (χ4v) is 16.9. The molecule has 12 heterocycles. The number of nitrogens with zero attached hydrogens (tertiary/aromatic N) is 11. The lowest BCUT2D eigenvalue weighted by Gasteiger charge is -2.32. The smallest absolute Gasteiger partial charge is 0.414 e. The van der Waals surface area contributed by atoms with Gasteiger partial charge in [-0.2, -0.15) is 15.3 Å². The normalized spacial score (nSPS) is 15.6. The number of carbonyl (C=O) groups excluding carboxylic acids is 9. The van der Waals surface area contributed by atoms with Crippen LogP contribution in [0.2, 0.25) is 0 Å². The van der Waals surface area contributed by atoms with Crippen LogP contribution in [0.5, 0.6) is 0 Å². The first kappa shape index (κ1) is 87.3. The van der Waals surface area contributed by atoms with Crippen LogP contribution >= 0.6 is 11.6 Å². The molecule has 0 bridgehead atoms. The van der Waals surface area contributed by atoms with E-state index < -0.39 is 28.8 Å². The van der Waals surface area contributed by atoms with Gasteiger partial charge in [0.05, 0.1) is 45.0 Å². The van der Waals surface area contributed by atoms with Gasteiger partial charge in [0.15, 0.2) is 17.1 Å². The number of aromatic amines is 3. The van der Waals surface area contributed by atoms with E-state index in [0.29, 0.717) is 115 Å². The molecular weight excluding hydrogens is 1650 g/mol. The Kier molecular flexibility index (Phi) is 25.7. The molecule has 3 atom stereocenters. The third kappa shape index (κ3) is 19.7. The van der Waals surface area contributed by atoms with E-state index in [1.54, 1.807) is 143 Å². The van der Waals surface area contributed by atoms with Crippen molar-refractivity contribution in [2.75, 3.05) is 70.3 Å². The number of fused-ring (bicyclic) bond motifs is 6.